The van der Waals surface area contributed by atoms with E-state index in [1.807, 2.05) is 13.0 Å². The number of esters is 1. The van der Waals surface area contributed by atoms with Gasteiger partial charge >= 0.3 is 13.8 Å². The predicted molar refractivity (Wildman–Crippen MR) is 220 cm³/mol. The Bertz CT molecular complexity index is 1010. The molecular formula is C43H78NO8P. The molecular weight excluding hydrogens is 689 g/mol. The van der Waals surface area contributed by atoms with Crippen LogP contribution in [0.1, 0.15) is 168 Å². The maximum Gasteiger partial charge on any atom is 0.472 e. The largest absolute Gasteiger partial charge is 0.498 e. The quantitative estimate of drug-likeness (QED) is 0.0183. The van der Waals surface area contributed by atoms with Crippen LogP contribution in [0.5, 0.6) is 0 Å². The summed E-state index contributed by atoms with van der Waals surface area (Å²) in [6.45, 7) is 3.71. The van der Waals surface area contributed by atoms with E-state index in [1.54, 1.807) is 6.26 Å². The first-order valence-corrected chi connectivity index (χ1v) is 22.4. The molecule has 3 atom stereocenters. The Morgan fingerprint density at radius 1 is 0.660 bits per heavy atom. The summed E-state index contributed by atoms with van der Waals surface area (Å²) in [5.74, 6) is -0.418. The molecule has 0 heterocycles. The molecule has 10 heteroatoms. The third-order valence-corrected chi connectivity index (χ3v) is 9.50. The highest BCUT2D eigenvalue weighted by Gasteiger charge is 2.25. The van der Waals surface area contributed by atoms with Gasteiger partial charge in [-0.05, 0) is 77.2 Å². The van der Waals surface area contributed by atoms with Crippen molar-refractivity contribution < 1.29 is 37.9 Å². The molecule has 0 radical (unpaired) electrons. The number of hydrogen-bond acceptors (Lipinski definition) is 8. The van der Waals surface area contributed by atoms with Crippen molar-refractivity contribution >= 4 is 13.8 Å². The number of carbonyl (C=O) groups excluding carboxylic acids is 1. The fourth-order valence-electron chi connectivity index (χ4n) is 5.44. The van der Waals surface area contributed by atoms with Gasteiger partial charge in [0, 0.05) is 13.0 Å². The number of aliphatic hydroxyl groups is 1. The van der Waals surface area contributed by atoms with Gasteiger partial charge in [-0.2, -0.15) is 0 Å². The average Bonchev–Trinajstić information content (AvgIpc) is 3.13. The van der Waals surface area contributed by atoms with Crippen LogP contribution in [0.15, 0.2) is 60.9 Å². The summed E-state index contributed by atoms with van der Waals surface area (Å²) in [5.41, 5.74) is 5.35. The monoisotopic (exact) mass is 768 g/mol. The van der Waals surface area contributed by atoms with Crippen LogP contribution in [0.4, 0.5) is 0 Å². The second-order valence-electron chi connectivity index (χ2n) is 13.9. The van der Waals surface area contributed by atoms with Crippen molar-refractivity contribution in [2.75, 3.05) is 26.4 Å². The lowest BCUT2D eigenvalue weighted by Gasteiger charge is -2.19. The zero-order valence-corrected chi connectivity index (χ0v) is 34.5. The van der Waals surface area contributed by atoms with Crippen molar-refractivity contribution in [3.63, 3.8) is 0 Å². The number of allylic oxidation sites excluding steroid dienone is 9. The lowest BCUT2D eigenvalue weighted by Crippen LogP contribution is -2.27. The molecule has 1 unspecified atom stereocenters. The molecule has 0 aromatic rings. The van der Waals surface area contributed by atoms with Crippen LogP contribution in [0, 0.1) is 0 Å². The molecule has 0 saturated carbocycles. The number of phosphoric acid groups is 1. The summed E-state index contributed by atoms with van der Waals surface area (Å²) in [5, 5.41) is 9.26. The summed E-state index contributed by atoms with van der Waals surface area (Å²) in [6.07, 6.45) is 46.1. The summed E-state index contributed by atoms with van der Waals surface area (Å²) in [4.78, 5) is 22.4. The van der Waals surface area contributed by atoms with Crippen LogP contribution >= 0.6 is 7.82 Å². The SMILES string of the molecule is CCCCCCCCCCCCCCCC/C=C/OC[C@H](COP(=O)(O)OCCN)OC(=O)CCC/C=C\C/C=C\C/C=C\C/C=C\CCC[C@H](C)O. The minimum absolute atomic E-state index is 0.000809. The van der Waals surface area contributed by atoms with Crippen LogP contribution < -0.4 is 5.73 Å². The van der Waals surface area contributed by atoms with E-state index in [2.05, 4.69) is 55.5 Å². The Hall–Kier alpha value is -2.00. The van der Waals surface area contributed by atoms with Crippen molar-refractivity contribution in [2.45, 2.75) is 180 Å². The van der Waals surface area contributed by atoms with Crippen LogP contribution in [0.25, 0.3) is 0 Å². The maximum absolute atomic E-state index is 12.5. The first-order valence-electron chi connectivity index (χ1n) is 20.9. The van der Waals surface area contributed by atoms with Crippen LogP contribution in [-0.2, 0) is 27.9 Å². The minimum atomic E-state index is -4.31. The average molecular weight is 768 g/mol. The molecule has 0 saturated heterocycles. The van der Waals surface area contributed by atoms with E-state index in [0.29, 0.717) is 6.42 Å². The zero-order chi connectivity index (χ0) is 38.9. The molecule has 0 bridgehead atoms. The second kappa shape index (κ2) is 39.7. The van der Waals surface area contributed by atoms with E-state index >= 15 is 0 Å². The number of rotatable bonds is 39. The first-order chi connectivity index (χ1) is 25.8. The van der Waals surface area contributed by atoms with E-state index in [9.17, 15) is 19.4 Å². The molecule has 4 N–H and O–H groups in total. The fourth-order valence-corrected chi connectivity index (χ4v) is 6.21. The van der Waals surface area contributed by atoms with E-state index in [0.717, 1.165) is 57.8 Å². The standard InChI is InChI=1S/C43H78NO8P/c1-3-4-5-6-7-8-9-10-11-15-18-21-24-27-30-33-37-49-39-42(40-51-53(47,48)50-38-36-44)52-43(46)35-32-29-26-23-20-17-14-12-13-16-19-22-25-28-31-34-41(2)45/h13-14,16-17,22-23,25-26,33,37,41-42,45H,3-12,15,18-21,24,27-32,34-36,38-40,44H2,1-2H3,(H,47,48)/b16-13-,17-14-,25-22-,26-23-,37-33+/t41-,42+/m0/s1. The van der Waals surface area contributed by atoms with E-state index in [1.165, 1.54) is 83.5 Å². The molecule has 0 aromatic carbocycles. The Kier molecular flexibility index (Phi) is 38.2. The lowest BCUT2D eigenvalue weighted by molar-refractivity contribution is -0.153. The molecule has 9 nitrogen and oxygen atoms in total. The van der Waals surface area contributed by atoms with Crippen molar-refractivity contribution in [2.24, 2.45) is 5.73 Å². The van der Waals surface area contributed by atoms with Gasteiger partial charge in [0.25, 0.3) is 0 Å². The van der Waals surface area contributed by atoms with E-state index in [4.69, 9.17) is 24.3 Å². The number of carbonyl (C=O) groups is 1. The van der Waals surface area contributed by atoms with Gasteiger partial charge in [-0.1, -0.05) is 139 Å². The maximum atomic E-state index is 12.5. The van der Waals surface area contributed by atoms with E-state index in [-0.39, 0.29) is 38.9 Å². The Morgan fingerprint density at radius 3 is 1.68 bits per heavy atom. The van der Waals surface area contributed by atoms with Gasteiger partial charge in [0.2, 0.25) is 0 Å². The smallest absolute Gasteiger partial charge is 0.472 e. The third-order valence-electron chi connectivity index (χ3n) is 8.52. The van der Waals surface area contributed by atoms with Gasteiger partial charge < -0.3 is 25.2 Å². The van der Waals surface area contributed by atoms with Gasteiger partial charge in [0.05, 0.1) is 25.6 Å². The predicted octanol–water partition coefficient (Wildman–Crippen LogP) is 11.5. The van der Waals surface area contributed by atoms with Crippen molar-refractivity contribution in [3.8, 4) is 0 Å². The van der Waals surface area contributed by atoms with Crippen LogP contribution in [0.2, 0.25) is 0 Å². The summed E-state index contributed by atoms with van der Waals surface area (Å²) in [6, 6.07) is 0. The number of aliphatic hydroxyl groups excluding tert-OH is 1. The molecule has 0 spiro atoms. The lowest BCUT2D eigenvalue weighted by atomic mass is 10.0. The summed E-state index contributed by atoms with van der Waals surface area (Å²) in [7, 11) is -4.31. The number of ether oxygens (including phenoxy) is 2. The van der Waals surface area contributed by atoms with Crippen LogP contribution in [0.3, 0.4) is 0 Å². The summed E-state index contributed by atoms with van der Waals surface area (Å²) >= 11 is 0. The Balaban J connectivity index is 4.21. The summed E-state index contributed by atoms with van der Waals surface area (Å²) < 4.78 is 33.1. The van der Waals surface area contributed by atoms with E-state index < -0.39 is 19.9 Å². The normalized spacial score (nSPS) is 14.7. The molecule has 0 aliphatic carbocycles. The number of hydrogen-bond donors (Lipinski definition) is 3. The molecule has 0 aliphatic heterocycles. The first kappa shape index (κ1) is 51.0. The third kappa shape index (κ3) is 41.0. The number of unbranched alkanes of at least 4 members (excludes halogenated alkanes) is 16. The van der Waals surface area contributed by atoms with Crippen LogP contribution in [-0.4, -0.2) is 54.5 Å². The van der Waals surface area contributed by atoms with Gasteiger partial charge in [-0.15, -0.1) is 0 Å². The van der Waals surface area contributed by atoms with Gasteiger partial charge in [-0.3, -0.25) is 13.8 Å². The molecule has 0 aromatic heterocycles. The molecule has 53 heavy (non-hydrogen) atoms. The topological polar surface area (TPSA) is 138 Å². The molecule has 0 fully saturated rings. The number of nitrogens with two attached hydrogens (primary N) is 1. The highest BCUT2D eigenvalue weighted by molar-refractivity contribution is 7.47. The molecule has 0 rings (SSSR count). The second-order valence-corrected chi connectivity index (χ2v) is 15.3. The zero-order valence-electron chi connectivity index (χ0n) is 33.6. The van der Waals surface area contributed by atoms with Gasteiger partial charge in [0.1, 0.15) is 6.61 Å². The Morgan fingerprint density at radius 2 is 1.15 bits per heavy atom. The highest BCUT2D eigenvalue weighted by atomic mass is 31.2. The molecule has 0 aliphatic rings. The fraction of sp³-hybridized carbons (Fsp3) is 0.744. The molecule has 0 amide bonds. The van der Waals surface area contributed by atoms with Gasteiger partial charge in [0.15, 0.2) is 6.10 Å². The Labute approximate surface area is 324 Å². The number of phosphoric ester groups is 1. The minimum Gasteiger partial charge on any atom is -0.498 e. The highest BCUT2D eigenvalue weighted by Crippen LogP contribution is 2.43. The van der Waals surface area contributed by atoms with Crippen molar-refractivity contribution in [1.82, 2.24) is 0 Å². The van der Waals surface area contributed by atoms with Gasteiger partial charge in [-0.25, -0.2) is 4.57 Å². The van der Waals surface area contributed by atoms with Crippen molar-refractivity contribution in [3.05, 3.63) is 60.9 Å². The molecule has 308 valence electrons. The van der Waals surface area contributed by atoms with Crippen molar-refractivity contribution in [1.29, 1.82) is 0 Å².